The number of unbranched alkanes of at least 4 members (excludes halogenated alkanes) is 2. The van der Waals surface area contributed by atoms with E-state index in [1.165, 1.54) is 96.0 Å². The van der Waals surface area contributed by atoms with Crippen molar-refractivity contribution >= 4 is 5.91 Å². The van der Waals surface area contributed by atoms with E-state index < -0.39 is 0 Å². The van der Waals surface area contributed by atoms with Gasteiger partial charge in [-0.25, -0.2) is 0 Å². The molecule has 3 saturated carbocycles. The molecule has 1 aromatic carbocycles. The van der Waals surface area contributed by atoms with Crippen LogP contribution < -0.4 is 5.32 Å². The molecular formula is C34H53NO. The van der Waals surface area contributed by atoms with Crippen molar-refractivity contribution in [1.29, 1.82) is 0 Å². The molecule has 200 valence electrons. The first-order valence-electron chi connectivity index (χ1n) is 15.7. The molecule has 0 heterocycles. The second kappa shape index (κ2) is 13.8. The molecule has 1 N–H and O–H groups in total. The zero-order valence-corrected chi connectivity index (χ0v) is 23.4. The van der Waals surface area contributed by atoms with Gasteiger partial charge in [-0.1, -0.05) is 77.2 Å². The Morgan fingerprint density at radius 1 is 0.861 bits per heavy atom. The number of aryl methyl sites for hydroxylation is 1. The van der Waals surface area contributed by atoms with E-state index in [2.05, 4.69) is 43.9 Å². The molecule has 0 saturated heterocycles. The van der Waals surface area contributed by atoms with E-state index in [1.54, 1.807) is 16.7 Å². The van der Waals surface area contributed by atoms with Crippen LogP contribution in [0.5, 0.6) is 0 Å². The van der Waals surface area contributed by atoms with Gasteiger partial charge in [0.1, 0.15) is 0 Å². The molecule has 4 rings (SSSR count). The quantitative estimate of drug-likeness (QED) is 0.256. The van der Waals surface area contributed by atoms with E-state index in [0.29, 0.717) is 12.0 Å². The van der Waals surface area contributed by atoms with E-state index in [9.17, 15) is 4.79 Å². The van der Waals surface area contributed by atoms with E-state index in [1.807, 2.05) is 0 Å². The van der Waals surface area contributed by atoms with Crippen molar-refractivity contribution in [3.8, 4) is 0 Å². The van der Waals surface area contributed by atoms with Crippen molar-refractivity contribution in [2.24, 2.45) is 17.8 Å². The van der Waals surface area contributed by atoms with Crippen LogP contribution in [0, 0.1) is 17.8 Å². The minimum Gasteiger partial charge on any atom is -0.350 e. The lowest BCUT2D eigenvalue weighted by atomic mass is 9.67. The number of hydrogen-bond donors (Lipinski definition) is 1. The third kappa shape index (κ3) is 7.26. The molecule has 0 aromatic heterocycles. The Labute approximate surface area is 222 Å². The Morgan fingerprint density at radius 2 is 1.50 bits per heavy atom. The summed E-state index contributed by atoms with van der Waals surface area (Å²) in [5, 5.41) is 3.10. The second-order valence-corrected chi connectivity index (χ2v) is 12.5. The molecule has 0 unspecified atom stereocenters. The molecule has 2 nitrogen and oxygen atoms in total. The summed E-state index contributed by atoms with van der Waals surface area (Å²) in [6.07, 6.45) is 24.6. The molecule has 3 fully saturated rings. The summed E-state index contributed by atoms with van der Waals surface area (Å²) in [6, 6.07) is 7.86. The van der Waals surface area contributed by atoms with E-state index in [-0.39, 0.29) is 5.91 Å². The molecule has 2 heteroatoms. The Balaban J connectivity index is 1.26. The smallest absolute Gasteiger partial charge is 0.243 e. The highest BCUT2D eigenvalue weighted by Gasteiger charge is 2.31. The van der Waals surface area contributed by atoms with Crippen LogP contribution in [0.4, 0.5) is 0 Å². The van der Waals surface area contributed by atoms with Gasteiger partial charge in [0, 0.05) is 6.04 Å². The fourth-order valence-electron chi connectivity index (χ4n) is 7.95. The summed E-state index contributed by atoms with van der Waals surface area (Å²) in [7, 11) is 0. The minimum absolute atomic E-state index is 0.0261. The zero-order chi connectivity index (χ0) is 25.3. The lowest BCUT2D eigenvalue weighted by Gasteiger charge is -2.38. The van der Waals surface area contributed by atoms with Gasteiger partial charge in [-0.2, -0.15) is 0 Å². The maximum atomic E-state index is 11.7. The Morgan fingerprint density at radius 3 is 2.11 bits per heavy atom. The fraction of sp³-hybridized carbons (Fsp3) is 0.735. The molecule has 0 bridgehead atoms. The lowest BCUT2D eigenvalue weighted by molar-refractivity contribution is -0.117. The van der Waals surface area contributed by atoms with Gasteiger partial charge < -0.3 is 5.32 Å². The predicted octanol–water partition coefficient (Wildman–Crippen LogP) is 9.24. The highest BCUT2D eigenvalue weighted by molar-refractivity contribution is 5.87. The first kappa shape index (κ1) is 27.5. The van der Waals surface area contributed by atoms with Crippen LogP contribution in [0.25, 0.3) is 0 Å². The van der Waals surface area contributed by atoms with Crippen molar-refractivity contribution in [2.45, 2.75) is 141 Å². The second-order valence-electron chi connectivity index (χ2n) is 12.5. The zero-order valence-electron chi connectivity index (χ0n) is 23.4. The first-order valence-corrected chi connectivity index (χ1v) is 15.7. The Hall–Kier alpha value is -1.57. The van der Waals surface area contributed by atoms with Gasteiger partial charge in [0.05, 0.1) is 0 Å². The normalized spacial score (nSPS) is 31.1. The van der Waals surface area contributed by atoms with Crippen LogP contribution in [0.15, 0.2) is 30.9 Å². The highest BCUT2D eigenvalue weighted by atomic mass is 16.1. The van der Waals surface area contributed by atoms with Crippen LogP contribution in [-0.4, -0.2) is 11.9 Å². The summed E-state index contributed by atoms with van der Waals surface area (Å²) >= 11 is 0. The summed E-state index contributed by atoms with van der Waals surface area (Å²) in [4.78, 5) is 11.7. The SMILES string of the molecule is C=CC(=O)NC1CCC(c2ccc(C3CCC(C4CCC(CCCCC)CC4)CC3)cc2CC)CC1. The molecule has 36 heavy (non-hydrogen) atoms. The number of nitrogens with one attached hydrogen (secondary N) is 1. The lowest BCUT2D eigenvalue weighted by Crippen LogP contribution is -2.36. The van der Waals surface area contributed by atoms with Gasteiger partial charge in [-0.15, -0.1) is 0 Å². The van der Waals surface area contributed by atoms with Crippen molar-refractivity contribution in [1.82, 2.24) is 5.32 Å². The number of benzene rings is 1. The fourth-order valence-corrected chi connectivity index (χ4v) is 7.95. The number of rotatable bonds is 10. The van der Waals surface area contributed by atoms with Crippen LogP contribution in [0.3, 0.4) is 0 Å². The van der Waals surface area contributed by atoms with Crippen molar-refractivity contribution < 1.29 is 4.79 Å². The van der Waals surface area contributed by atoms with Crippen molar-refractivity contribution in [3.05, 3.63) is 47.5 Å². The maximum Gasteiger partial charge on any atom is 0.243 e. The van der Waals surface area contributed by atoms with Crippen LogP contribution in [-0.2, 0) is 11.2 Å². The summed E-state index contributed by atoms with van der Waals surface area (Å²) < 4.78 is 0. The Kier molecular flexibility index (Phi) is 10.5. The van der Waals surface area contributed by atoms with E-state index >= 15 is 0 Å². The van der Waals surface area contributed by atoms with Gasteiger partial charge in [-0.05, 0) is 123 Å². The van der Waals surface area contributed by atoms with Crippen LogP contribution >= 0.6 is 0 Å². The van der Waals surface area contributed by atoms with Gasteiger partial charge in [-0.3, -0.25) is 4.79 Å². The predicted molar refractivity (Wildman–Crippen MR) is 153 cm³/mol. The molecule has 0 atom stereocenters. The number of amides is 1. The highest BCUT2D eigenvalue weighted by Crippen LogP contribution is 2.45. The van der Waals surface area contributed by atoms with Crippen molar-refractivity contribution in [3.63, 3.8) is 0 Å². The third-order valence-corrected chi connectivity index (χ3v) is 10.3. The third-order valence-electron chi connectivity index (χ3n) is 10.3. The summed E-state index contributed by atoms with van der Waals surface area (Å²) in [6.45, 7) is 8.24. The molecule has 0 radical (unpaired) electrons. The molecule has 1 amide bonds. The number of carbonyl (C=O) groups is 1. The number of hydrogen-bond acceptors (Lipinski definition) is 1. The molecular weight excluding hydrogens is 438 g/mol. The van der Waals surface area contributed by atoms with Gasteiger partial charge in [0.15, 0.2) is 0 Å². The van der Waals surface area contributed by atoms with Gasteiger partial charge in [0.25, 0.3) is 0 Å². The standard InChI is InChI=1S/C34H53NO/c1-4-7-8-9-25-10-12-27(13-11-25)28-14-16-29(17-15-28)31-20-23-33(26(5-2)24-31)30-18-21-32(22-19-30)35-34(36)6-3/h6,20,23-25,27-30,32H,3-5,7-19,21-22H2,1-2H3,(H,35,36). The average Bonchev–Trinajstić information content (AvgIpc) is 2.94. The molecule has 0 aliphatic heterocycles. The van der Waals surface area contributed by atoms with E-state index in [4.69, 9.17) is 0 Å². The van der Waals surface area contributed by atoms with Crippen LogP contribution in [0.2, 0.25) is 0 Å². The molecule has 0 spiro atoms. The summed E-state index contributed by atoms with van der Waals surface area (Å²) in [5.41, 5.74) is 4.77. The summed E-state index contributed by atoms with van der Waals surface area (Å²) in [5.74, 6) is 4.46. The van der Waals surface area contributed by atoms with Gasteiger partial charge >= 0.3 is 0 Å². The molecule has 1 aromatic rings. The minimum atomic E-state index is -0.0261. The largest absolute Gasteiger partial charge is 0.350 e. The molecule has 3 aliphatic carbocycles. The van der Waals surface area contributed by atoms with Gasteiger partial charge in [0.2, 0.25) is 5.91 Å². The first-order chi connectivity index (χ1) is 17.6. The monoisotopic (exact) mass is 491 g/mol. The van der Waals surface area contributed by atoms with E-state index in [0.717, 1.165) is 42.9 Å². The van der Waals surface area contributed by atoms with Crippen molar-refractivity contribution in [2.75, 3.05) is 0 Å². The Bertz CT molecular complexity index is 820. The number of carbonyl (C=O) groups excluding carboxylic acids is 1. The molecule has 3 aliphatic rings. The maximum absolute atomic E-state index is 11.7. The topological polar surface area (TPSA) is 29.1 Å². The van der Waals surface area contributed by atoms with Crippen LogP contribution in [0.1, 0.15) is 145 Å². The average molecular weight is 492 g/mol.